The molecule has 6 N–H and O–H groups in total. The largest absolute Gasteiger partial charge is 0.394 e. The van der Waals surface area contributed by atoms with Gasteiger partial charge in [-0.25, -0.2) is 4.79 Å². The Balaban J connectivity index is 2.17. The molecule has 1 saturated heterocycles. The Hall–Kier alpha value is -1.52. The van der Waals surface area contributed by atoms with E-state index < -0.39 is 42.8 Å². The molecule has 9 heteroatoms. The van der Waals surface area contributed by atoms with E-state index in [9.17, 15) is 20.1 Å². The van der Waals surface area contributed by atoms with Gasteiger partial charge >= 0.3 is 5.69 Å². The van der Waals surface area contributed by atoms with Crippen molar-refractivity contribution in [1.29, 1.82) is 0 Å². The van der Waals surface area contributed by atoms with Crippen LogP contribution in [0.25, 0.3) is 0 Å². The Morgan fingerprint density at radius 3 is 2.50 bits per heavy atom. The van der Waals surface area contributed by atoms with Gasteiger partial charge in [0.15, 0.2) is 0 Å². The number of anilines is 1. The Labute approximate surface area is 113 Å². The highest BCUT2D eigenvalue weighted by atomic mass is 16.5. The minimum atomic E-state index is -1.47. The van der Waals surface area contributed by atoms with Crippen LogP contribution in [0.2, 0.25) is 0 Å². The second-order valence-electron chi connectivity index (χ2n) is 4.65. The molecule has 0 saturated carbocycles. The van der Waals surface area contributed by atoms with Crippen molar-refractivity contribution in [1.82, 2.24) is 9.55 Å². The first-order chi connectivity index (χ1) is 9.43. The van der Waals surface area contributed by atoms with Gasteiger partial charge < -0.3 is 30.9 Å². The first-order valence-corrected chi connectivity index (χ1v) is 6.07. The number of nitrogens with two attached hydrogens (primary N) is 1. The lowest BCUT2D eigenvalue weighted by Gasteiger charge is -2.40. The molecule has 5 atom stereocenters. The summed E-state index contributed by atoms with van der Waals surface area (Å²) in [6.07, 6.45) is -4.87. The summed E-state index contributed by atoms with van der Waals surface area (Å²) in [4.78, 5) is 15.1. The fourth-order valence-corrected chi connectivity index (χ4v) is 2.10. The van der Waals surface area contributed by atoms with Crippen LogP contribution >= 0.6 is 0 Å². The van der Waals surface area contributed by atoms with Gasteiger partial charge in [-0.15, -0.1) is 0 Å². The van der Waals surface area contributed by atoms with Gasteiger partial charge in [-0.05, 0) is 6.07 Å². The summed E-state index contributed by atoms with van der Waals surface area (Å²) in [6, 6.07) is 1.41. The molecule has 1 aliphatic rings. The number of nitrogens with zero attached hydrogens (tertiary/aromatic N) is 2. The molecule has 20 heavy (non-hydrogen) atoms. The molecular formula is C11H17N3O6. The molecule has 0 bridgehead atoms. The van der Waals surface area contributed by atoms with E-state index in [1.807, 2.05) is 0 Å². The van der Waals surface area contributed by atoms with Crippen molar-refractivity contribution < 1.29 is 25.2 Å². The standard InChI is InChI=1S/C11H17N3O6/c12-7-1-2-14(11(19)13-7)3-5-8(16)10(18)9(17)6(4-15)20-5/h1-2,5-6,8-10,15-18H,3-4H2,(H2,12,13,19)/t5?,6-,8+,9-,10-/m1/s1. The lowest BCUT2D eigenvalue weighted by atomic mass is 9.95. The molecule has 1 aromatic rings. The number of nitrogen functional groups attached to an aromatic ring is 1. The van der Waals surface area contributed by atoms with Crippen LogP contribution in [0.15, 0.2) is 17.1 Å². The molecule has 0 amide bonds. The third kappa shape index (κ3) is 2.81. The summed E-state index contributed by atoms with van der Waals surface area (Å²) < 4.78 is 6.45. The van der Waals surface area contributed by atoms with Gasteiger partial charge in [0.2, 0.25) is 0 Å². The monoisotopic (exact) mass is 287 g/mol. The van der Waals surface area contributed by atoms with E-state index in [0.717, 1.165) is 4.57 Å². The van der Waals surface area contributed by atoms with E-state index in [1.54, 1.807) is 0 Å². The first-order valence-electron chi connectivity index (χ1n) is 6.07. The van der Waals surface area contributed by atoms with E-state index in [1.165, 1.54) is 12.3 Å². The van der Waals surface area contributed by atoms with Crippen molar-refractivity contribution in [2.45, 2.75) is 37.1 Å². The number of ether oxygens (including phenoxy) is 1. The van der Waals surface area contributed by atoms with Crippen molar-refractivity contribution in [3.63, 3.8) is 0 Å². The maximum absolute atomic E-state index is 11.6. The molecule has 1 unspecified atom stereocenters. The Bertz CT molecular complexity index is 519. The zero-order chi connectivity index (χ0) is 14.9. The molecule has 2 rings (SSSR count). The van der Waals surface area contributed by atoms with Crippen molar-refractivity contribution >= 4 is 5.82 Å². The van der Waals surface area contributed by atoms with E-state index in [-0.39, 0.29) is 12.4 Å². The SMILES string of the molecule is Nc1ccn(CC2O[C@H](CO)[C@@H](O)[C@H](O)[C@H]2O)c(=O)n1. The normalized spacial score (nSPS) is 34.1. The summed E-state index contributed by atoms with van der Waals surface area (Å²) in [5.74, 6) is 0.0695. The predicted octanol–water partition coefficient (Wildman–Crippen LogP) is -3.33. The predicted molar refractivity (Wildman–Crippen MR) is 66.7 cm³/mol. The number of rotatable bonds is 3. The summed E-state index contributed by atoms with van der Waals surface area (Å²) in [5.41, 5.74) is 4.74. The van der Waals surface area contributed by atoms with Crippen molar-refractivity contribution in [2.24, 2.45) is 0 Å². The zero-order valence-electron chi connectivity index (χ0n) is 10.5. The molecule has 2 heterocycles. The first kappa shape index (κ1) is 14.9. The van der Waals surface area contributed by atoms with Gasteiger partial charge in [0.1, 0.15) is 36.3 Å². The van der Waals surface area contributed by atoms with E-state index in [2.05, 4.69) is 4.98 Å². The fourth-order valence-electron chi connectivity index (χ4n) is 2.10. The smallest absolute Gasteiger partial charge is 0.349 e. The van der Waals surface area contributed by atoms with Crippen LogP contribution in [0.5, 0.6) is 0 Å². The maximum atomic E-state index is 11.6. The summed E-state index contributed by atoms with van der Waals surface area (Å²) in [7, 11) is 0. The van der Waals surface area contributed by atoms with Crippen molar-refractivity contribution in [2.75, 3.05) is 12.3 Å². The number of hydrogen-bond donors (Lipinski definition) is 5. The Morgan fingerprint density at radius 1 is 1.25 bits per heavy atom. The average molecular weight is 287 g/mol. The van der Waals surface area contributed by atoms with Crippen LogP contribution in [0.1, 0.15) is 0 Å². The van der Waals surface area contributed by atoms with Crippen LogP contribution in [-0.4, -0.2) is 67.1 Å². The second-order valence-corrected chi connectivity index (χ2v) is 4.65. The van der Waals surface area contributed by atoms with E-state index in [4.69, 9.17) is 15.6 Å². The van der Waals surface area contributed by atoms with Gasteiger partial charge in [0.05, 0.1) is 13.2 Å². The van der Waals surface area contributed by atoms with E-state index in [0.29, 0.717) is 0 Å². The maximum Gasteiger partial charge on any atom is 0.349 e. The van der Waals surface area contributed by atoms with Crippen molar-refractivity contribution in [3.05, 3.63) is 22.7 Å². The Kier molecular flexibility index (Phi) is 4.35. The van der Waals surface area contributed by atoms with Crippen molar-refractivity contribution in [3.8, 4) is 0 Å². The molecule has 0 aromatic carbocycles. The molecule has 1 aromatic heterocycles. The highest BCUT2D eigenvalue weighted by molar-refractivity contribution is 5.23. The minimum Gasteiger partial charge on any atom is -0.394 e. The number of hydrogen-bond acceptors (Lipinski definition) is 8. The third-order valence-electron chi connectivity index (χ3n) is 3.26. The van der Waals surface area contributed by atoms with Gasteiger partial charge in [0, 0.05) is 6.20 Å². The Morgan fingerprint density at radius 2 is 1.90 bits per heavy atom. The third-order valence-corrected chi connectivity index (χ3v) is 3.26. The quantitative estimate of drug-likeness (QED) is 0.387. The highest BCUT2D eigenvalue weighted by Crippen LogP contribution is 2.21. The molecule has 1 aliphatic heterocycles. The molecule has 0 radical (unpaired) electrons. The fraction of sp³-hybridized carbons (Fsp3) is 0.636. The number of aliphatic hydroxyl groups is 4. The summed E-state index contributed by atoms with van der Waals surface area (Å²) in [5, 5.41) is 38.2. The zero-order valence-corrected chi connectivity index (χ0v) is 10.5. The van der Waals surface area contributed by atoms with Gasteiger partial charge in [-0.1, -0.05) is 0 Å². The average Bonchev–Trinajstić information content (AvgIpc) is 2.42. The van der Waals surface area contributed by atoms with Gasteiger partial charge in [-0.2, -0.15) is 4.98 Å². The highest BCUT2D eigenvalue weighted by Gasteiger charge is 2.43. The van der Waals surface area contributed by atoms with Crippen LogP contribution in [0, 0.1) is 0 Å². The molecule has 1 fully saturated rings. The summed E-state index contributed by atoms with van der Waals surface area (Å²) >= 11 is 0. The van der Waals surface area contributed by atoms with E-state index >= 15 is 0 Å². The van der Waals surface area contributed by atoms with Gasteiger partial charge in [0.25, 0.3) is 0 Å². The van der Waals surface area contributed by atoms with Crippen LogP contribution in [0.3, 0.4) is 0 Å². The van der Waals surface area contributed by atoms with Gasteiger partial charge in [-0.3, -0.25) is 4.57 Å². The molecule has 0 aliphatic carbocycles. The van der Waals surface area contributed by atoms with Crippen LogP contribution in [-0.2, 0) is 11.3 Å². The summed E-state index contributed by atoms with van der Waals surface area (Å²) in [6.45, 7) is -0.607. The lowest BCUT2D eigenvalue weighted by molar-refractivity contribution is -0.231. The number of aliphatic hydroxyl groups excluding tert-OH is 4. The molecule has 9 nitrogen and oxygen atoms in total. The topological polar surface area (TPSA) is 151 Å². The molecular weight excluding hydrogens is 270 g/mol. The van der Waals surface area contributed by atoms with Crippen LogP contribution in [0.4, 0.5) is 5.82 Å². The van der Waals surface area contributed by atoms with Crippen LogP contribution < -0.4 is 11.4 Å². The molecule has 112 valence electrons. The molecule has 0 spiro atoms. The minimum absolute atomic E-state index is 0.0695. The number of aromatic nitrogens is 2. The lowest BCUT2D eigenvalue weighted by Crippen LogP contribution is -2.59. The second kappa shape index (κ2) is 5.85.